The highest BCUT2D eigenvalue weighted by Gasteiger charge is 2.15. The fourth-order valence-electron chi connectivity index (χ4n) is 1.91. The van der Waals surface area contributed by atoms with Crippen molar-refractivity contribution >= 4 is 17.1 Å². The molecule has 0 fully saturated rings. The molecule has 0 N–H and O–H groups in total. The van der Waals surface area contributed by atoms with E-state index >= 15 is 0 Å². The lowest BCUT2D eigenvalue weighted by molar-refractivity contribution is 0.121. The van der Waals surface area contributed by atoms with E-state index in [9.17, 15) is 4.79 Å². The zero-order valence-corrected chi connectivity index (χ0v) is 13.1. The summed E-state index contributed by atoms with van der Waals surface area (Å²) in [6, 6.07) is 18.1. The Morgan fingerprint density at radius 3 is 2.33 bits per heavy atom. The topological polar surface area (TPSA) is 35.5 Å². The van der Waals surface area contributed by atoms with Gasteiger partial charge in [0.2, 0.25) is 0 Å². The molecule has 0 spiro atoms. The number of hydrogen-bond donors (Lipinski definition) is 0. The highest BCUT2D eigenvalue weighted by molar-refractivity contribution is 7.96. The summed E-state index contributed by atoms with van der Waals surface area (Å²) >= 11 is 0. The second-order valence-electron chi connectivity index (χ2n) is 4.60. The first-order valence-corrected chi connectivity index (χ1v) is 8.51. The SMILES string of the molecule is COC(=O)Oc1ccc([S+](C)CCc2ccccc2)cc1. The normalized spacial score (nSPS) is 11.7. The highest BCUT2D eigenvalue weighted by atomic mass is 32.2. The Morgan fingerprint density at radius 1 is 1.05 bits per heavy atom. The van der Waals surface area contributed by atoms with Crippen molar-refractivity contribution in [1.82, 2.24) is 0 Å². The molecule has 0 radical (unpaired) electrons. The molecule has 1 atom stereocenters. The third-order valence-corrected chi connectivity index (χ3v) is 5.03. The fraction of sp³-hybridized carbons (Fsp3) is 0.235. The van der Waals surface area contributed by atoms with Crippen molar-refractivity contribution < 1.29 is 14.3 Å². The first kappa shape index (κ1) is 15.4. The Bertz CT molecular complexity index is 566. The van der Waals surface area contributed by atoms with Crippen molar-refractivity contribution in [1.29, 1.82) is 0 Å². The van der Waals surface area contributed by atoms with Gasteiger partial charge in [-0.05, 0) is 29.8 Å². The number of aryl methyl sites for hydroxylation is 1. The summed E-state index contributed by atoms with van der Waals surface area (Å²) in [6.45, 7) is 0. The number of carbonyl (C=O) groups is 1. The van der Waals surface area contributed by atoms with Gasteiger partial charge in [-0.1, -0.05) is 30.3 Å². The van der Waals surface area contributed by atoms with Crippen molar-refractivity contribution in [2.75, 3.05) is 19.1 Å². The molecule has 2 aromatic rings. The number of ether oxygens (including phenoxy) is 2. The number of rotatable bonds is 5. The molecule has 0 amide bonds. The van der Waals surface area contributed by atoms with Crippen molar-refractivity contribution in [3.05, 3.63) is 60.2 Å². The summed E-state index contributed by atoms with van der Waals surface area (Å²) in [5.74, 6) is 1.62. The number of methoxy groups -OCH3 is 1. The Labute approximate surface area is 128 Å². The van der Waals surface area contributed by atoms with Crippen LogP contribution in [0.3, 0.4) is 0 Å². The lowest BCUT2D eigenvalue weighted by Crippen LogP contribution is -2.09. The third-order valence-electron chi connectivity index (χ3n) is 3.13. The molecular formula is C17H19O3S+. The van der Waals surface area contributed by atoms with Gasteiger partial charge in [-0.25, -0.2) is 4.79 Å². The molecule has 1 unspecified atom stereocenters. The monoisotopic (exact) mass is 303 g/mol. The summed E-state index contributed by atoms with van der Waals surface area (Å²) in [5.41, 5.74) is 1.36. The van der Waals surface area contributed by atoms with Crippen LogP contribution in [0.2, 0.25) is 0 Å². The molecule has 0 aliphatic heterocycles. The summed E-state index contributed by atoms with van der Waals surface area (Å²) in [5, 5.41) is 0. The van der Waals surface area contributed by atoms with Crippen molar-refractivity contribution in [3.8, 4) is 5.75 Å². The molecule has 4 heteroatoms. The quantitative estimate of drug-likeness (QED) is 0.480. The van der Waals surface area contributed by atoms with E-state index in [1.807, 2.05) is 18.2 Å². The van der Waals surface area contributed by atoms with Crippen LogP contribution < -0.4 is 4.74 Å². The first-order valence-electron chi connectivity index (χ1n) is 6.71. The van der Waals surface area contributed by atoms with E-state index in [0.717, 1.165) is 12.2 Å². The highest BCUT2D eigenvalue weighted by Crippen LogP contribution is 2.18. The Morgan fingerprint density at radius 2 is 1.71 bits per heavy atom. The van der Waals surface area contributed by atoms with Gasteiger partial charge in [-0.2, -0.15) is 0 Å². The van der Waals surface area contributed by atoms with E-state index < -0.39 is 6.16 Å². The van der Waals surface area contributed by atoms with Crippen molar-refractivity contribution in [2.45, 2.75) is 11.3 Å². The molecule has 0 bridgehead atoms. The average Bonchev–Trinajstić information content (AvgIpc) is 2.54. The minimum atomic E-state index is -0.692. The number of benzene rings is 2. The van der Waals surface area contributed by atoms with Gasteiger partial charge in [0, 0.05) is 17.3 Å². The van der Waals surface area contributed by atoms with Crippen LogP contribution in [0.1, 0.15) is 5.56 Å². The van der Waals surface area contributed by atoms with Crippen LogP contribution in [-0.2, 0) is 22.1 Å². The smallest absolute Gasteiger partial charge is 0.437 e. The molecule has 0 saturated carbocycles. The molecule has 2 rings (SSSR count). The lowest BCUT2D eigenvalue weighted by atomic mass is 10.2. The molecule has 3 nitrogen and oxygen atoms in total. The van der Waals surface area contributed by atoms with E-state index in [0.29, 0.717) is 5.75 Å². The van der Waals surface area contributed by atoms with E-state index in [2.05, 4.69) is 35.3 Å². The molecule has 21 heavy (non-hydrogen) atoms. The minimum Gasteiger partial charge on any atom is -0.437 e. The largest absolute Gasteiger partial charge is 0.513 e. The Kier molecular flexibility index (Phi) is 5.69. The van der Waals surface area contributed by atoms with Crippen LogP contribution in [0.4, 0.5) is 4.79 Å². The van der Waals surface area contributed by atoms with Crippen LogP contribution >= 0.6 is 0 Å². The van der Waals surface area contributed by atoms with Gasteiger partial charge in [0.25, 0.3) is 0 Å². The molecule has 0 aromatic heterocycles. The maximum Gasteiger partial charge on any atom is 0.513 e. The standard InChI is InChI=1S/C17H19O3S/c1-19-17(18)20-15-8-10-16(11-9-15)21(2)13-12-14-6-4-3-5-7-14/h3-11H,12-13H2,1-2H3/q+1. The van der Waals surface area contributed by atoms with Gasteiger partial charge in [-0.3, -0.25) is 0 Å². The fourth-order valence-corrected chi connectivity index (χ4v) is 3.29. The van der Waals surface area contributed by atoms with Crippen LogP contribution in [0.5, 0.6) is 5.75 Å². The predicted molar refractivity (Wildman–Crippen MR) is 86.0 cm³/mol. The Balaban J connectivity index is 1.90. The van der Waals surface area contributed by atoms with Gasteiger partial charge in [0.05, 0.1) is 7.11 Å². The molecule has 0 saturated heterocycles. The molecule has 110 valence electrons. The minimum absolute atomic E-state index is 0.172. The molecule has 2 aromatic carbocycles. The lowest BCUT2D eigenvalue weighted by Gasteiger charge is -2.05. The summed E-state index contributed by atoms with van der Waals surface area (Å²) in [6.07, 6.45) is 2.61. The van der Waals surface area contributed by atoms with Crippen molar-refractivity contribution in [2.24, 2.45) is 0 Å². The number of hydrogen-bond acceptors (Lipinski definition) is 3. The average molecular weight is 303 g/mol. The Hall–Kier alpha value is -1.94. The zero-order valence-electron chi connectivity index (χ0n) is 12.2. The van der Waals surface area contributed by atoms with Gasteiger partial charge in [0.15, 0.2) is 4.90 Å². The third kappa shape index (κ3) is 4.83. The van der Waals surface area contributed by atoms with E-state index in [4.69, 9.17) is 4.74 Å². The van der Waals surface area contributed by atoms with E-state index in [1.165, 1.54) is 17.6 Å². The van der Waals surface area contributed by atoms with Crippen molar-refractivity contribution in [3.63, 3.8) is 0 Å². The van der Waals surface area contributed by atoms with Gasteiger partial charge in [-0.15, -0.1) is 0 Å². The van der Waals surface area contributed by atoms with Gasteiger partial charge < -0.3 is 9.47 Å². The summed E-state index contributed by atoms with van der Waals surface area (Å²) in [7, 11) is 1.47. The van der Waals surface area contributed by atoms with Crippen LogP contribution in [-0.4, -0.2) is 25.3 Å². The molecule has 0 aliphatic rings. The van der Waals surface area contributed by atoms with Crippen LogP contribution in [0, 0.1) is 0 Å². The van der Waals surface area contributed by atoms with Gasteiger partial charge >= 0.3 is 6.16 Å². The molecule has 0 heterocycles. The van der Waals surface area contributed by atoms with Crippen LogP contribution in [0.25, 0.3) is 0 Å². The predicted octanol–water partition coefficient (Wildman–Crippen LogP) is 3.68. The molecule has 0 aliphatic carbocycles. The second kappa shape index (κ2) is 7.74. The van der Waals surface area contributed by atoms with Gasteiger partial charge in [0.1, 0.15) is 17.8 Å². The maximum atomic E-state index is 11.0. The number of carbonyl (C=O) groups excluding carboxylic acids is 1. The molecular weight excluding hydrogens is 284 g/mol. The summed E-state index contributed by atoms with van der Waals surface area (Å²) in [4.78, 5) is 12.3. The zero-order chi connectivity index (χ0) is 15.1. The maximum absolute atomic E-state index is 11.0. The second-order valence-corrected chi connectivity index (χ2v) is 6.76. The first-order chi connectivity index (χ1) is 10.2. The van der Waals surface area contributed by atoms with E-state index in [-0.39, 0.29) is 10.9 Å². The summed E-state index contributed by atoms with van der Waals surface area (Å²) < 4.78 is 9.43. The van der Waals surface area contributed by atoms with Crippen LogP contribution in [0.15, 0.2) is 59.5 Å². The van der Waals surface area contributed by atoms with E-state index in [1.54, 1.807) is 12.1 Å².